The Kier molecular flexibility index (Phi) is 9.81. The van der Waals surface area contributed by atoms with Crippen molar-refractivity contribution < 1.29 is 13.2 Å². The maximum Gasteiger partial charge on any atom is 0.229 e. The lowest BCUT2D eigenvalue weighted by atomic mass is 10.3. The Bertz CT molecular complexity index is 1170. The number of thioether (sulfide) groups is 1. The van der Waals surface area contributed by atoms with Crippen LogP contribution in [0.25, 0.3) is 10.2 Å². The monoisotopic (exact) mass is 533 g/mol. The average molecular weight is 535 g/mol. The quantitative estimate of drug-likeness (QED) is 0.366. The largest absolute Gasteiger partial charge is 0.308 e. The maximum absolute atomic E-state index is 13.1. The molecule has 1 heterocycles. The first-order valence-electron chi connectivity index (χ1n) is 9.58. The molecule has 0 N–H and O–H groups in total. The van der Waals surface area contributed by atoms with E-state index in [0.717, 1.165) is 9.60 Å². The van der Waals surface area contributed by atoms with Crippen molar-refractivity contribution in [3.8, 4) is 0 Å². The zero-order valence-corrected chi connectivity index (χ0v) is 22.0. The van der Waals surface area contributed by atoms with Gasteiger partial charge in [0.1, 0.15) is 5.52 Å². The maximum atomic E-state index is 13.1. The van der Waals surface area contributed by atoms with Gasteiger partial charge in [0, 0.05) is 41.4 Å². The van der Waals surface area contributed by atoms with Crippen LogP contribution in [-0.2, 0) is 14.6 Å². The first kappa shape index (κ1) is 26.9. The van der Waals surface area contributed by atoms with Crippen LogP contribution in [0.4, 0.5) is 5.13 Å². The van der Waals surface area contributed by atoms with Crippen LogP contribution in [0.3, 0.4) is 0 Å². The third kappa shape index (κ3) is 7.07. The van der Waals surface area contributed by atoms with E-state index in [1.54, 1.807) is 28.8 Å². The van der Waals surface area contributed by atoms with Crippen molar-refractivity contribution in [3.63, 3.8) is 0 Å². The van der Waals surface area contributed by atoms with Gasteiger partial charge in [-0.15, -0.1) is 24.2 Å². The van der Waals surface area contributed by atoms with E-state index in [1.807, 2.05) is 49.3 Å². The number of fused-ring (bicyclic) bond motifs is 1. The van der Waals surface area contributed by atoms with Gasteiger partial charge in [0.05, 0.1) is 9.60 Å². The number of hydrogen-bond acceptors (Lipinski definition) is 7. The van der Waals surface area contributed by atoms with Crippen LogP contribution in [0.5, 0.6) is 0 Å². The molecular formula is C21H25Cl2N3O3S3. The minimum atomic E-state index is -3.42. The number of para-hydroxylation sites is 1. The summed E-state index contributed by atoms with van der Waals surface area (Å²) in [5, 5.41) is 1.20. The number of amides is 1. The molecule has 1 amide bonds. The number of aromatic nitrogens is 1. The molecule has 11 heteroatoms. The highest BCUT2D eigenvalue weighted by atomic mass is 35.5. The number of thiazole rings is 1. The first-order chi connectivity index (χ1) is 14.6. The molecule has 3 aromatic rings. The number of benzene rings is 2. The van der Waals surface area contributed by atoms with Crippen LogP contribution in [0.2, 0.25) is 5.02 Å². The molecule has 32 heavy (non-hydrogen) atoms. The van der Waals surface area contributed by atoms with E-state index in [0.29, 0.717) is 40.9 Å². The molecule has 0 saturated carbocycles. The lowest BCUT2D eigenvalue weighted by Gasteiger charge is -2.22. The molecule has 0 aliphatic carbocycles. The van der Waals surface area contributed by atoms with E-state index in [4.69, 9.17) is 11.6 Å². The van der Waals surface area contributed by atoms with Gasteiger partial charge in [-0.2, -0.15) is 0 Å². The number of likely N-dealkylation sites (N-methyl/N-ethyl adjacent to an activating group) is 1. The van der Waals surface area contributed by atoms with Crippen LogP contribution in [-0.4, -0.2) is 63.4 Å². The van der Waals surface area contributed by atoms with Gasteiger partial charge in [0.15, 0.2) is 15.0 Å². The Balaban J connectivity index is 0.00000363. The topological polar surface area (TPSA) is 70.6 Å². The van der Waals surface area contributed by atoms with Gasteiger partial charge in [-0.3, -0.25) is 9.69 Å². The molecule has 0 saturated heterocycles. The van der Waals surface area contributed by atoms with Gasteiger partial charge >= 0.3 is 0 Å². The number of rotatable bonds is 9. The Morgan fingerprint density at radius 1 is 1.12 bits per heavy atom. The number of carbonyl (C=O) groups is 1. The highest BCUT2D eigenvalue weighted by Crippen LogP contribution is 2.33. The number of halogens is 2. The summed E-state index contributed by atoms with van der Waals surface area (Å²) in [5.74, 6) is 0.585. The van der Waals surface area contributed by atoms with Crippen molar-refractivity contribution in [1.82, 2.24) is 9.88 Å². The van der Waals surface area contributed by atoms with Gasteiger partial charge < -0.3 is 4.90 Å². The van der Waals surface area contributed by atoms with Gasteiger partial charge in [-0.1, -0.05) is 29.0 Å². The van der Waals surface area contributed by atoms with Crippen molar-refractivity contribution in [2.24, 2.45) is 0 Å². The summed E-state index contributed by atoms with van der Waals surface area (Å²) in [5.41, 5.74) is 0.420. The summed E-state index contributed by atoms with van der Waals surface area (Å²) in [6, 6.07) is 12.6. The van der Waals surface area contributed by atoms with E-state index in [2.05, 4.69) is 4.98 Å². The van der Waals surface area contributed by atoms with Crippen LogP contribution in [0.1, 0.15) is 6.42 Å². The fourth-order valence-corrected chi connectivity index (χ4v) is 5.78. The second-order valence-electron chi connectivity index (χ2n) is 7.27. The summed E-state index contributed by atoms with van der Waals surface area (Å²) in [6.45, 7) is 1.15. The lowest BCUT2D eigenvalue weighted by molar-refractivity contribution is -0.118. The number of nitrogens with zero attached hydrogens (tertiary/aromatic N) is 3. The van der Waals surface area contributed by atoms with E-state index >= 15 is 0 Å². The molecule has 0 unspecified atom stereocenters. The normalized spacial score (nSPS) is 11.5. The Labute approximate surface area is 208 Å². The summed E-state index contributed by atoms with van der Waals surface area (Å²) >= 11 is 8.85. The fraction of sp³-hybridized carbons (Fsp3) is 0.333. The van der Waals surface area contributed by atoms with E-state index in [-0.39, 0.29) is 23.2 Å². The standard InChI is InChI=1S/C21H24ClN3O3S3.ClH/c1-24(2)12-13-25(19(26)11-14-29-16-9-7-15(22)8-10-16)21-23-20-17(30-21)5-4-6-18(20)31(3,27)28;/h4-10H,11-14H2,1-3H3;1H. The molecule has 1 aromatic heterocycles. The zero-order chi connectivity index (χ0) is 22.6. The van der Waals surface area contributed by atoms with E-state index in [1.165, 1.54) is 17.6 Å². The molecule has 3 rings (SSSR count). The number of carbonyl (C=O) groups excluding carboxylic acids is 1. The van der Waals surface area contributed by atoms with Gasteiger partial charge in [0.25, 0.3) is 0 Å². The minimum Gasteiger partial charge on any atom is -0.308 e. The first-order valence-corrected chi connectivity index (χ1v) is 13.7. The second kappa shape index (κ2) is 11.7. The molecule has 0 spiro atoms. The molecule has 0 radical (unpaired) electrons. The third-order valence-corrected chi connectivity index (χ3v) is 7.91. The van der Waals surface area contributed by atoms with Crippen molar-refractivity contribution >= 4 is 78.2 Å². The van der Waals surface area contributed by atoms with E-state index < -0.39 is 9.84 Å². The summed E-state index contributed by atoms with van der Waals surface area (Å²) < 4.78 is 25.0. The Hall–Kier alpha value is -1.36. The van der Waals surface area contributed by atoms with Crippen molar-refractivity contribution in [3.05, 3.63) is 47.5 Å². The highest BCUT2D eigenvalue weighted by molar-refractivity contribution is 7.99. The molecule has 6 nitrogen and oxygen atoms in total. The van der Waals surface area contributed by atoms with Crippen molar-refractivity contribution in [2.45, 2.75) is 16.2 Å². The smallest absolute Gasteiger partial charge is 0.229 e. The summed E-state index contributed by atoms with van der Waals surface area (Å²) in [7, 11) is 0.471. The van der Waals surface area contributed by atoms with Crippen molar-refractivity contribution in [2.75, 3.05) is 44.1 Å². The predicted octanol–water partition coefficient (Wildman–Crippen LogP) is 4.85. The zero-order valence-electron chi connectivity index (χ0n) is 17.9. The molecule has 174 valence electrons. The molecule has 0 aliphatic rings. The van der Waals surface area contributed by atoms with E-state index in [9.17, 15) is 13.2 Å². The summed E-state index contributed by atoms with van der Waals surface area (Å²) in [4.78, 5) is 22.5. The number of anilines is 1. The molecule has 0 aliphatic heterocycles. The van der Waals surface area contributed by atoms with Crippen LogP contribution in [0.15, 0.2) is 52.3 Å². The fourth-order valence-electron chi connectivity index (χ4n) is 2.88. The number of sulfone groups is 1. The van der Waals surface area contributed by atoms with Crippen molar-refractivity contribution in [1.29, 1.82) is 0 Å². The number of hydrogen-bond donors (Lipinski definition) is 0. The Morgan fingerprint density at radius 2 is 1.81 bits per heavy atom. The predicted molar refractivity (Wildman–Crippen MR) is 138 cm³/mol. The SMILES string of the molecule is CN(C)CCN(C(=O)CCSc1ccc(Cl)cc1)c1nc2c(S(C)(=O)=O)cccc2s1.Cl. The average Bonchev–Trinajstić information content (AvgIpc) is 3.12. The molecule has 0 fully saturated rings. The molecule has 0 atom stereocenters. The second-order valence-corrected chi connectivity index (χ2v) is 11.9. The van der Waals surface area contributed by atoms with Gasteiger partial charge in [0.2, 0.25) is 5.91 Å². The van der Waals surface area contributed by atoms with Gasteiger partial charge in [-0.25, -0.2) is 13.4 Å². The lowest BCUT2D eigenvalue weighted by Crippen LogP contribution is -2.36. The highest BCUT2D eigenvalue weighted by Gasteiger charge is 2.22. The minimum absolute atomic E-state index is 0. The van der Waals surface area contributed by atoms with Crippen LogP contribution >= 0.6 is 47.1 Å². The van der Waals surface area contributed by atoms with Gasteiger partial charge in [-0.05, 0) is 50.5 Å². The van der Waals surface area contributed by atoms with Crippen LogP contribution < -0.4 is 4.90 Å². The summed E-state index contributed by atoms with van der Waals surface area (Å²) in [6.07, 6.45) is 1.51. The molecule has 0 bridgehead atoms. The Morgan fingerprint density at radius 3 is 2.44 bits per heavy atom. The third-order valence-electron chi connectivity index (χ3n) is 4.47. The van der Waals surface area contributed by atoms with Crippen LogP contribution in [0, 0.1) is 0 Å². The molecule has 2 aromatic carbocycles. The molecular weight excluding hydrogens is 509 g/mol.